The third kappa shape index (κ3) is 86.4. The maximum Gasteiger partial charge on any atom is 0.0319 e. The average molecular weight is 353 g/mol. The van der Waals surface area contributed by atoms with Gasteiger partial charge in [-0.3, -0.25) is 0 Å². The predicted octanol–water partition coefficient (Wildman–Crippen LogP) is 6.70. The van der Waals surface area contributed by atoms with Crippen molar-refractivity contribution in [2.45, 2.75) is 55.4 Å². The molecule has 2 nitrogen and oxygen atoms in total. The normalized spacial score (nSPS) is 7.20. The summed E-state index contributed by atoms with van der Waals surface area (Å²) in [6, 6.07) is 24.0. The summed E-state index contributed by atoms with van der Waals surface area (Å²) in [5.74, 6) is 0. The van der Waals surface area contributed by atoms with E-state index >= 15 is 0 Å². The zero-order chi connectivity index (χ0) is 21.0. The minimum Gasteiger partial charge on any atom is -0.400 e. The molecule has 0 aliphatic heterocycles. The van der Waals surface area contributed by atoms with Gasteiger partial charge in [0.15, 0.2) is 0 Å². The zero-order valence-corrected chi connectivity index (χ0v) is 18.3. The van der Waals surface area contributed by atoms with E-state index in [1.807, 2.05) is 100 Å². The van der Waals surface area contributed by atoms with Gasteiger partial charge in [0.25, 0.3) is 0 Å². The fourth-order valence-corrected chi connectivity index (χ4v) is 0.770. The van der Waals surface area contributed by atoms with Crippen LogP contribution in [0, 0.1) is 5.41 Å². The highest BCUT2D eigenvalue weighted by Crippen LogP contribution is 2.08. The van der Waals surface area contributed by atoms with E-state index in [2.05, 4.69) is 27.7 Å². The van der Waals surface area contributed by atoms with Crippen molar-refractivity contribution in [2.24, 2.45) is 5.41 Å². The molecular formula is C23H44O2. The summed E-state index contributed by atoms with van der Waals surface area (Å²) in [7, 11) is 2.00. The highest BCUT2D eigenvalue weighted by molar-refractivity contribution is 4.99. The van der Waals surface area contributed by atoms with Gasteiger partial charge in [-0.15, -0.1) is 0 Å². The van der Waals surface area contributed by atoms with Gasteiger partial charge in [0.1, 0.15) is 0 Å². The maximum absolute atomic E-state index is 7.00. The van der Waals surface area contributed by atoms with Crippen LogP contribution < -0.4 is 0 Å². The Balaban J connectivity index is -0.0000000670. The molecule has 2 heteroatoms. The van der Waals surface area contributed by atoms with Crippen molar-refractivity contribution in [3.8, 4) is 0 Å². The van der Waals surface area contributed by atoms with Crippen LogP contribution in [-0.4, -0.2) is 24.4 Å². The second-order valence-corrected chi connectivity index (χ2v) is 5.31. The third-order valence-electron chi connectivity index (χ3n) is 1.33. The Bertz CT molecular complexity index is 249. The SMILES string of the molecule is CC.CC.CC(C)(C)C.CO.CO.c1ccccc1.c1ccccc1. The van der Waals surface area contributed by atoms with E-state index in [0.717, 1.165) is 14.2 Å². The van der Waals surface area contributed by atoms with Crippen LogP contribution in [0.5, 0.6) is 0 Å². The van der Waals surface area contributed by atoms with Crippen molar-refractivity contribution in [1.29, 1.82) is 0 Å². The minimum absolute atomic E-state index is 0.500. The molecule has 0 radical (unpaired) electrons. The molecule has 2 aromatic carbocycles. The van der Waals surface area contributed by atoms with Gasteiger partial charge < -0.3 is 10.2 Å². The number of hydrogen-bond donors (Lipinski definition) is 2. The molecule has 0 atom stereocenters. The molecule has 0 amide bonds. The van der Waals surface area contributed by atoms with Gasteiger partial charge in [-0.05, 0) is 5.41 Å². The monoisotopic (exact) mass is 352 g/mol. The molecule has 25 heavy (non-hydrogen) atoms. The summed E-state index contributed by atoms with van der Waals surface area (Å²) in [5.41, 5.74) is 0.500. The van der Waals surface area contributed by atoms with Crippen molar-refractivity contribution < 1.29 is 10.2 Å². The van der Waals surface area contributed by atoms with Crippen molar-refractivity contribution in [1.82, 2.24) is 0 Å². The lowest BCUT2D eigenvalue weighted by Crippen LogP contribution is -1.93. The van der Waals surface area contributed by atoms with E-state index in [9.17, 15) is 0 Å². The number of aliphatic hydroxyl groups excluding tert-OH is 2. The minimum atomic E-state index is 0.500. The highest BCUT2D eigenvalue weighted by Gasteiger charge is 1.95. The maximum atomic E-state index is 7.00. The largest absolute Gasteiger partial charge is 0.400 e. The molecule has 0 saturated heterocycles. The Kier molecular flexibility index (Phi) is 52.8. The first-order valence-corrected chi connectivity index (χ1v) is 8.89. The van der Waals surface area contributed by atoms with E-state index in [-0.39, 0.29) is 0 Å². The number of hydrogen-bond acceptors (Lipinski definition) is 2. The van der Waals surface area contributed by atoms with E-state index in [4.69, 9.17) is 10.2 Å². The molecule has 0 aromatic heterocycles. The first-order chi connectivity index (χ1) is 12.0. The molecular weight excluding hydrogens is 308 g/mol. The standard InChI is InChI=1S/2C6H6.C5H12.2C2H6.2CH4O/c2*1-2-4-6-5-3-1;1-5(2,3)4;4*1-2/h2*1-6H;1-4H3;2*1-2H3;2*2H,1H3. The summed E-state index contributed by atoms with van der Waals surface area (Å²) >= 11 is 0. The Morgan fingerprint density at radius 1 is 0.360 bits per heavy atom. The lowest BCUT2D eigenvalue weighted by atomic mass is 10.0. The van der Waals surface area contributed by atoms with Gasteiger partial charge >= 0.3 is 0 Å². The lowest BCUT2D eigenvalue weighted by Gasteiger charge is -2.05. The predicted molar refractivity (Wildman–Crippen MR) is 117 cm³/mol. The second-order valence-electron chi connectivity index (χ2n) is 5.31. The molecule has 0 aliphatic rings. The van der Waals surface area contributed by atoms with Crippen LogP contribution in [0.3, 0.4) is 0 Å². The number of aliphatic hydroxyl groups is 2. The molecule has 148 valence electrons. The summed E-state index contributed by atoms with van der Waals surface area (Å²) in [6.07, 6.45) is 0. The molecule has 2 aromatic rings. The summed E-state index contributed by atoms with van der Waals surface area (Å²) < 4.78 is 0. The van der Waals surface area contributed by atoms with E-state index in [0.29, 0.717) is 5.41 Å². The van der Waals surface area contributed by atoms with E-state index in [1.54, 1.807) is 0 Å². The number of benzene rings is 2. The van der Waals surface area contributed by atoms with Crippen LogP contribution in [0.1, 0.15) is 55.4 Å². The van der Waals surface area contributed by atoms with E-state index in [1.165, 1.54) is 0 Å². The van der Waals surface area contributed by atoms with Crippen molar-refractivity contribution >= 4 is 0 Å². The average Bonchev–Trinajstić information content (AvgIpc) is 2.70. The summed E-state index contributed by atoms with van der Waals surface area (Å²) in [4.78, 5) is 0. The molecule has 2 N–H and O–H groups in total. The van der Waals surface area contributed by atoms with Gasteiger partial charge in [-0.25, -0.2) is 0 Å². The lowest BCUT2D eigenvalue weighted by molar-refractivity contribution is 0.399. The Morgan fingerprint density at radius 2 is 0.400 bits per heavy atom. The molecule has 0 unspecified atom stereocenters. The first-order valence-electron chi connectivity index (χ1n) is 8.89. The van der Waals surface area contributed by atoms with Gasteiger partial charge in [0.05, 0.1) is 0 Å². The van der Waals surface area contributed by atoms with Crippen LogP contribution in [0.15, 0.2) is 72.8 Å². The Labute approximate surface area is 158 Å². The zero-order valence-electron chi connectivity index (χ0n) is 18.3. The Morgan fingerprint density at radius 3 is 0.440 bits per heavy atom. The van der Waals surface area contributed by atoms with Crippen LogP contribution in [0.2, 0.25) is 0 Å². The third-order valence-corrected chi connectivity index (χ3v) is 1.33. The van der Waals surface area contributed by atoms with Gasteiger partial charge in [-0.2, -0.15) is 0 Å². The van der Waals surface area contributed by atoms with Crippen molar-refractivity contribution in [3.05, 3.63) is 72.8 Å². The smallest absolute Gasteiger partial charge is 0.0319 e. The highest BCUT2D eigenvalue weighted by atomic mass is 16.2. The van der Waals surface area contributed by atoms with Crippen molar-refractivity contribution in [3.63, 3.8) is 0 Å². The van der Waals surface area contributed by atoms with E-state index < -0.39 is 0 Å². The van der Waals surface area contributed by atoms with Crippen LogP contribution in [0.25, 0.3) is 0 Å². The van der Waals surface area contributed by atoms with Crippen LogP contribution >= 0.6 is 0 Å². The summed E-state index contributed by atoms with van der Waals surface area (Å²) in [6.45, 7) is 16.8. The first kappa shape index (κ1) is 34.6. The summed E-state index contributed by atoms with van der Waals surface area (Å²) in [5, 5.41) is 14.0. The van der Waals surface area contributed by atoms with Gasteiger partial charge in [-0.1, -0.05) is 128 Å². The molecule has 0 aliphatic carbocycles. The molecule has 0 spiro atoms. The number of rotatable bonds is 0. The molecule has 0 bridgehead atoms. The fourth-order valence-electron chi connectivity index (χ4n) is 0.770. The molecule has 0 saturated carbocycles. The topological polar surface area (TPSA) is 40.5 Å². The Hall–Kier alpha value is -1.64. The second kappa shape index (κ2) is 38.1. The van der Waals surface area contributed by atoms with Gasteiger partial charge in [0.2, 0.25) is 0 Å². The molecule has 0 heterocycles. The van der Waals surface area contributed by atoms with Crippen molar-refractivity contribution in [2.75, 3.05) is 14.2 Å². The molecule has 0 fully saturated rings. The quantitative estimate of drug-likeness (QED) is 0.554. The van der Waals surface area contributed by atoms with Crippen LogP contribution in [-0.2, 0) is 0 Å². The van der Waals surface area contributed by atoms with Crippen LogP contribution in [0.4, 0.5) is 0 Å². The molecule has 2 rings (SSSR count). The fraction of sp³-hybridized carbons (Fsp3) is 0.478. The van der Waals surface area contributed by atoms with Gasteiger partial charge in [0, 0.05) is 14.2 Å².